The minimum absolute atomic E-state index is 0.164. The molecule has 0 aliphatic carbocycles. The standard InChI is InChI=1S/C17H18N4O3S2/c1-10(2)15-20-21-17(24-15)26-9-14(22)19-16-18-13(8-25-16)11-4-6-12(23-3)7-5-11/h4-8,10H,9H2,1-3H3,(H,18,19,22). The molecule has 0 saturated carbocycles. The average molecular weight is 390 g/mol. The first-order valence-electron chi connectivity index (χ1n) is 7.91. The van der Waals surface area contributed by atoms with Crippen molar-refractivity contribution in [2.45, 2.75) is 25.0 Å². The van der Waals surface area contributed by atoms with Crippen LogP contribution < -0.4 is 10.1 Å². The van der Waals surface area contributed by atoms with Crippen molar-refractivity contribution in [3.63, 3.8) is 0 Å². The van der Waals surface area contributed by atoms with Gasteiger partial charge in [0, 0.05) is 16.9 Å². The molecule has 0 radical (unpaired) electrons. The van der Waals surface area contributed by atoms with Crippen molar-refractivity contribution in [3.05, 3.63) is 35.5 Å². The third-order valence-electron chi connectivity index (χ3n) is 3.38. The van der Waals surface area contributed by atoms with Gasteiger partial charge in [-0.05, 0) is 24.3 Å². The van der Waals surface area contributed by atoms with E-state index in [2.05, 4.69) is 20.5 Å². The first-order chi connectivity index (χ1) is 12.5. The summed E-state index contributed by atoms with van der Waals surface area (Å²) in [6, 6.07) is 7.60. The Balaban J connectivity index is 1.55. The van der Waals surface area contributed by atoms with E-state index in [9.17, 15) is 4.79 Å². The number of carbonyl (C=O) groups is 1. The lowest BCUT2D eigenvalue weighted by molar-refractivity contribution is -0.113. The molecule has 0 aliphatic heterocycles. The number of thioether (sulfide) groups is 1. The maximum Gasteiger partial charge on any atom is 0.277 e. The number of rotatable bonds is 7. The fourth-order valence-corrected chi connectivity index (χ4v) is 3.33. The molecular weight excluding hydrogens is 372 g/mol. The Morgan fingerprint density at radius 3 is 2.73 bits per heavy atom. The van der Waals surface area contributed by atoms with Gasteiger partial charge in [0.2, 0.25) is 11.8 Å². The minimum Gasteiger partial charge on any atom is -0.497 e. The quantitative estimate of drug-likeness (QED) is 0.609. The Kier molecular flexibility index (Phi) is 5.89. The molecule has 0 spiro atoms. The monoisotopic (exact) mass is 390 g/mol. The molecule has 1 N–H and O–H groups in total. The summed E-state index contributed by atoms with van der Waals surface area (Å²) >= 11 is 2.58. The zero-order chi connectivity index (χ0) is 18.5. The predicted molar refractivity (Wildman–Crippen MR) is 102 cm³/mol. The number of amides is 1. The Bertz CT molecular complexity index is 874. The average Bonchev–Trinajstić information content (AvgIpc) is 3.30. The van der Waals surface area contributed by atoms with Crippen LogP contribution >= 0.6 is 23.1 Å². The second kappa shape index (κ2) is 8.33. The van der Waals surface area contributed by atoms with Crippen molar-refractivity contribution in [3.8, 4) is 17.0 Å². The number of ether oxygens (including phenoxy) is 1. The smallest absolute Gasteiger partial charge is 0.277 e. The first-order valence-corrected chi connectivity index (χ1v) is 9.77. The molecule has 3 aromatic rings. The molecule has 0 bridgehead atoms. The molecular formula is C17H18N4O3S2. The molecule has 2 aromatic heterocycles. The molecule has 7 nitrogen and oxygen atoms in total. The number of nitrogens with one attached hydrogen (secondary N) is 1. The molecule has 1 aromatic carbocycles. The fourth-order valence-electron chi connectivity index (χ4n) is 2.02. The maximum absolute atomic E-state index is 12.1. The zero-order valence-corrected chi connectivity index (χ0v) is 16.2. The lowest BCUT2D eigenvalue weighted by Crippen LogP contribution is -2.13. The Hall–Kier alpha value is -2.39. The van der Waals surface area contributed by atoms with E-state index in [4.69, 9.17) is 9.15 Å². The van der Waals surface area contributed by atoms with Gasteiger partial charge in [0.15, 0.2) is 5.13 Å². The summed E-state index contributed by atoms with van der Waals surface area (Å²) in [5.41, 5.74) is 1.77. The summed E-state index contributed by atoms with van der Waals surface area (Å²) in [7, 11) is 1.63. The highest BCUT2D eigenvalue weighted by Crippen LogP contribution is 2.27. The van der Waals surface area contributed by atoms with E-state index in [0.29, 0.717) is 16.2 Å². The van der Waals surface area contributed by atoms with Crippen molar-refractivity contribution < 1.29 is 13.9 Å². The lowest BCUT2D eigenvalue weighted by Gasteiger charge is -2.01. The van der Waals surface area contributed by atoms with Gasteiger partial charge in [0.25, 0.3) is 5.22 Å². The van der Waals surface area contributed by atoms with Gasteiger partial charge in [0.05, 0.1) is 18.6 Å². The van der Waals surface area contributed by atoms with E-state index in [0.717, 1.165) is 17.0 Å². The minimum atomic E-state index is -0.171. The molecule has 1 amide bonds. The van der Waals surface area contributed by atoms with Crippen molar-refractivity contribution in [2.75, 3.05) is 18.2 Å². The van der Waals surface area contributed by atoms with E-state index < -0.39 is 0 Å². The second-order valence-electron chi connectivity index (χ2n) is 5.66. The molecule has 0 fully saturated rings. The highest BCUT2D eigenvalue weighted by molar-refractivity contribution is 7.99. The number of hydrogen-bond donors (Lipinski definition) is 1. The third kappa shape index (κ3) is 4.61. The molecule has 136 valence electrons. The molecule has 0 saturated heterocycles. The van der Waals surface area contributed by atoms with Crippen LogP contribution in [0.1, 0.15) is 25.7 Å². The third-order valence-corrected chi connectivity index (χ3v) is 4.96. The number of nitrogens with zero attached hydrogens (tertiary/aromatic N) is 3. The van der Waals surface area contributed by atoms with Crippen LogP contribution in [0.2, 0.25) is 0 Å². The molecule has 2 heterocycles. The normalized spacial score (nSPS) is 10.9. The van der Waals surface area contributed by atoms with Crippen LogP contribution in [-0.4, -0.2) is 34.0 Å². The SMILES string of the molecule is COc1ccc(-c2csc(NC(=O)CSc3nnc(C(C)C)o3)n2)cc1. The van der Waals surface area contributed by atoms with Crippen LogP contribution in [0.3, 0.4) is 0 Å². The molecule has 0 aliphatic rings. The number of anilines is 1. The Morgan fingerprint density at radius 1 is 1.31 bits per heavy atom. The van der Waals surface area contributed by atoms with E-state index in [1.54, 1.807) is 7.11 Å². The van der Waals surface area contributed by atoms with Gasteiger partial charge in [-0.3, -0.25) is 4.79 Å². The van der Waals surface area contributed by atoms with E-state index >= 15 is 0 Å². The van der Waals surface area contributed by atoms with Crippen LogP contribution in [0, 0.1) is 0 Å². The van der Waals surface area contributed by atoms with Crippen molar-refractivity contribution in [1.82, 2.24) is 15.2 Å². The van der Waals surface area contributed by atoms with Crippen molar-refractivity contribution in [2.24, 2.45) is 0 Å². The zero-order valence-electron chi connectivity index (χ0n) is 14.6. The highest BCUT2D eigenvalue weighted by atomic mass is 32.2. The van der Waals surface area contributed by atoms with Gasteiger partial charge >= 0.3 is 0 Å². The molecule has 9 heteroatoms. The molecule has 26 heavy (non-hydrogen) atoms. The van der Waals surface area contributed by atoms with Gasteiger partial charge in [0.1, 0.15) is 5.75 Å². The summed E-state index contributed by atoms with van der Waals surface area (Å²) in [5.74, 6) is 1.53. The van der Waals surface area contributed by atoms with Crippen LogP contribution in [0.5, 0.6) is 5.75 Å². The van der Waals surface area contributed by atoms with E-state index in [1.807, 2.05) is 43.5 Å². The van der Waals surface area contributed by atoms with Crippen LogP contribution in [0.15, 0.2) is 39.3 Å². The molecule has 0 unspecified atom stereocenters. The Labute approximate surface area is 159 Å². The fraction of sp³-hybridized carbons (Fsp3) is 0.294. The van der Waals surface area contributed by atoms with Gasteiger partial charge in [-0.1, -0.05) is 25.6 Å². The van der Waals surface area contributed by atoms with Crippen LogP contribution in [0.25, 0.3) is 11.3 Å². The largest absolute Gasteiger partial charge is 0.497 e. The first kappa shape index (κ1) is 18.4. The van der Waals surface area contributed by atoms with Crippen LogP contribution in [-0.2, 0) is 4.79 Å². The molecule has 3 rings (SSSR count). The van der Waals surface area contributed by atoms with Crippen LogP contribution in [0.4, 0.5) is 5.13 Å². The second-order valence-corrected chi connectivity index (χ2v) is 7.45. The summed E-state index contributed by atoms with van der Waals surface area (Å²) < 4.78 is 10.6. The van der Waals surface area contributed by atoms with E-state index in [1.165, 1.54) is 23.1 Å². The summed E-state index contributed by atoms with van der Waals surface area (Å²) in [6.45, 7) is 3.94. The number of methoxy groups -OCH3 is 1. The number of hydrogen-bond acceptors (Lipinski definition) is 8. The number of benzene rings is 1. The summed E-state index contributed by atoms with van der Waals surface area (Å²) in [6.07, 6.45) is 0. The highest BCUT2D eigenvalue weighted by Gasteiger charge is 2.13. The van der Waals surface area contributed by atoms with E-state index in [-0.39, 0.29) is 17.6 Å². The van der Waals surface area contributed by atoms with Gasteiger partial charge < -0.3 is 14.5 Å². The van der Waals surface area contributed by atoms with Gasteiger partial charge in [-0.15, -0.1) is 21.5 Å². The predicted octanol–water partition coefficient (Wildman–Crippen LogP) is 4.06. The molecule has 0 atom stereocenters. The topological polar surface area (TPSA) is 90.1 Å². The van der Waals surface area contributed by atoms with Crippen molar-refractivity contribution in [1.29, 1.82) is 0 Å². The number of thiazole rings is 1. The van der Waals surface area contributed by atoms with Gasteiger partial charge in [-0.25, -0.2) is 4.98 Å². The van der Waals surface area contributed by atoms with Crippen molar-refractivity contribution >= 4 is 34.1 Å². The Morgan fingerprint density at radius 2 is 2.08 bits per heavy atom. The van der Waals surface area contributed by atoms with Gasteiger partial charge in [-0.2, -0.15) is 0 Å². The summed E-state index contributed by atoms with van der Waals surface area (Å²) in [4.78, 5) is 16.5. The summed E-state index contributed by atoms with van der Waals surface area (Å²) in [5, 5.41) is 13.5. The lowest BCUT2D eigenvalue weighted by atomic mass is 10.2. The number of carbonyl (C=O) groups excluding carboxylic acids is 1. The number of aromatic nitrogens is 3. The maximum atomic E-state index is 12.1.